The Morgan fingerprint density at radius 1 is 1.19 bits per heavy atom. The zero-order chi connectivity index (χ0) is 15.1. The summed E-state index contributed by atoms with van der Waals surface area (Å²) in [6.45, 7) is 3.01. The fourth-order valence-electron chi connectivity index (χ4n) is 2.86. The molecule has 1 fully saturated rings. The lowest BCUT2D eigenvalue weighted by Crippen LogP contribution is -2.48. The van der Waals surface area contributed by atoms with Gasteiger partial charge in [0.25, 0.3) is 0 Å². The Morgan fingerprint density at radius 3 is 2.48 bits per heavy atom. The number of carbonyl (C=O) groups excluding carboxylic acids is 1. The van der Waals surface area contributed by atoms with E-state index in [2.05, 4.69) is 34.5 Å². The average Bonchev–Trinajstić information content (AvgIpc) is 2.52. The van der Waals surface area contributed by atoms with E-state index in [0.717, 1.165) is 19.5 Å². The van der Waals surface area contributed by atoms with E-state index in [1.807, 2.05) is 6.07 Å². The molecule has 4 nitrogen and oxygen atoms in total. The molecule has 0 radical (unpaired) electrons. The number of nitrogens with zero attached hydrogens (tertiary/aromatic N) is 2. The van der Waals surface area contributed by atoms with Crippen LogP contribution in [-0.4, -0.2) is 55.6 Å². The van der Waals surface area contributed by atoms with Gasteiger partial charge < -0.3 is 10.2 Å². The summed E-state index contributed by atoms with van der Waals surface area (Å²) in [4.78, 5) is 15.9. The quantitative estimate of drug-likeness (QED) is 0.903. The van der Waals surface area contributed by atoms with Crippen molar-refractivity contribution in [2.45, 2.75) is 31.7 Å². The van der Waals surface area contributed by atoms with Crippen molar-refractivity contribution in [1.82, 2.24) is 15.1 Å². The third kappa shape index (κ3) is 5.05. The lowest BCUT2D eigenvalue weighted by molar-refractivity contribution is 0.156. The second-order valence-corrected chi connectivity index (χ2v) is 6.02. The summed E-state index contributed by atoms with van der Waals surface area (Å²) in [5, 5.41) is 3.05. The number of likely N-dealkylation sites (tertiary alicyclic amines) is 1. The summed E-state index contributed by atoms with van der Waals surface area (Å²) in [7, 11) is 3.56. The fourth-order valence-corrected chi connectivity index (χ4v) is 2.86. The highest BCUT2D eigenvalue weighted by molar-refractivity contribution is 5.73. The van der Waals surface area contributed by atoms with Gasteiger partial charge in [0.05, 0.1) is 0 Å². The molecule has 0 aliphatic carbocycles. The Bertz CT molecular complexity index is 427. The molecule has 1 N–H and O–H groups in total. The maximum Gasteiger partial charge on any atom is 0.316 e. The zero-order valence-corrected chi connectivity index (χ0v) is 13.2. The van der Waals surface area contributed by atoms with E-state index in [1.54, 1.807) is 19.0 Å². The largest absolute Gasteiger partial charge is 0.336 e. The minimum atomic E-state index is -0.00919. The van der Waals surface area contributed by atoms with E-state index in [0.29, 0.717) is 12.6 Å². The summed E-state index contributed by atoms with van der Waals surface area (Å²) in [5.74, 6) is 0. The molecule has 0 aromatic heterocycles. The van der Waals surface area contributed by atoms with Gasteiger partial charge >= 0.3 is 6.03 Å². The minimum absolute atomic E-state index is 0.00919. The molecule has 1 aliphatic heterocycles. The SMILES string of the molecule is CN(C)C(=O)NCC(Cc1ccccc1)N1CCCCC1. The molecule has 1 heterocycles. The smallest absolute Gasteiger partial charge is 0.316 e. The molecule has 1 unspecified atom stereocenters. The predicted octanol–water partition coefficient (Wildman–Crippen LogP) is 2.35. The third-order valence-corrected chi connectivity index (χ3v) is 4.12. The average molecular weight is 289 g/mol. The monoisotopic (exact) mass is 289 g/mol. The van der Waals surface area contributed by atoms with Crippen LogP contribution in [-0.2, 0) is 6.42 Å². The second kappa shape index (κ2) is 8.03. The molecular formula is C17H27N3O. The number of carbonyl (C=O) groups is 1. The van der Waals surface area contributed by atoms with Gasteiger partial charge in [-0.3, -0.25) is 4.90 Å². The van der Waals surface area contributed by atoms with Crippen molar-refractivity contribution < 1.29 is 4.79 Å². The maximum atomic E-state index is 11.8. The van der Waals surface area contributed by atoms with Crippen LogP contribution in [0.2, 0.25) is 0 Å². The first-order valence-corrected chi connectivity index (χ1v) is 7.90. The van der Waals surface area contributed by atoms with E-state index in [4.69, 9.17) is 0 Å². The number of amides is 2. The number of rotatable bonds is 5. The second-order valence-electron chi connectivity index (χ2n) is 6.02. The standard InChI is InChI=1S/C17H27N3O/c1-19(2)17(21)18-14-16(20-11-7-4-8-12-20)13-15-9-5-3-6-10-15/h3,5-6,9-10,16H,4,7-8,11-14H2,1-2H3,(H,18,21). The predicted molar refractivity (Wildman–Crippen MR) is 86.4 cm³/mol. The van der Waals surface area contributed by atoms with Crippen molar-refractivity contribution in [2.24, 2.45) is 0 Å². The molecule has 1 aromatic rings. The fraction of sp³-hybridized carbons (Fsp3) is 0.588. The summed E-state index contributed by atoms with van der Waals surface area (Å²) in [6, 6.07) is 10.9. The molecule has 2 rings (SSSR count). The van der Waals surface area contributed by atoms with Crippen molar-refractivity contribution in [1.29, 1.82) is 0 Å². The van der Waals surface area contributed by atoms with Crippen LogP contribution in [0.4, 0.5) is 4.79 Å². The normalized spacial score (nSPS) is 17.2. The van der Waals surface area contributed by atoms with Gasteiger partial charge in [0.1, 0.15) is 0 Å². The van der Waals surface area contributed by atoms with Gasteiger partial charge in [-0.1, -0.05) is 36.8 Å². The van der Waals surface area contributed by atoms with Gasteiger partial charge in [0, 0.05) is 26.7 Å². The number of piperidine rings is 1. The molecule has 0 saturated carbocycles. The highest BCUT2D eigenvalue weighted by atomic mass is 16.2. The van der Waals surface area contributed by atoms with Crippen LogP contribution in [0.25, 0.3) is 0 Å². The number of hydrogen-bond acceptors (Lipinski definition) is 2. The van der Waals surface area contributed by atoms with Crippen LogP contribution in [0.15, 0.2) is 30.3 Å². The highest BCUT2D eigenvalue weighted by Gasteiger charge is 2.21. The first kappa shape index (κ1) is 15.8. The third-order valence-electron chi connectivity index (χ3n) is 4.12. The molecule has 0 bridgehead atoms. The van der Waals surface area contributed by atoms with E-state index in [9.17, 15) is 4.79 Å². The molecule has 1 saturated heterocycles. The molecule has 4 heteroatoms. The maximum absolute atomic E-state index is 11.8. The molecule has 21 heavy (non-hydrogen) atoms. The van der Waals surface area contributed by atoms with E-state index in [-0.39, 0.29) is 6.03 Å². The Morgan fingerprint density at radius 2 is 1.86 bits per heavy atom. The van der Waals surface area contributed by atoms with Crippen LogP contribution in [0.5, 0.6) is 0 Å². The van der Waals surface area contributed by atoms with E-state index in [1.165, 1.54) is 24.8 Å². The van der Waals surface area contributed by atoms with Gasteiger partial charge in [-0.15, -0.1) is 0 Å². The van der Waals surface area contributed by atoms with Crippen LogP contribution < -0.4 is 5.32 Å². The van der Waals surface area contributed by atoms with E-state index < -0.39 is 0 Å². The Hall–Kier alpha value is -1.55. The van der Waals surface area contributed by atoms with Gasteiger partial charge in [-0.25, -0.2) is 4.79 Å². The van der Waals surface area contributed by atoms with Crippen molar-refractivity contribution in [3.05, 3.63) is 35.9 Å². The van der Waals surface area contributed by atoms with Gasteiger partial charge in [-0.05, 0) is 37.9 Å². The molecule has 2 amide bonds. The number of hydrogen-bond donors (Lipinski definition) is 1. The number of urea groups is 1. The lowest BCUT2D eigenvalue weighted by Gasteiger charge is -2.35. The Kier molecular flexibility index (Phi) is 6.05. The van der Waals surface area contributed by atoms with E-state index >= 15 is 0 Å². The molecular weight excluding hydrogens is 262 g/mol. The molecule has 0 spiro atoms. The first-order chi connectivity index (χ1) is 10.2. The minimum Gasteiger partial charge on any atom is -0.336 e. The number of benzene rings is 1. The van der Waals surface area contributed by atoms with Crippen LogP contribution >= 0.6 is 0 Å². The van der Waals surface area contributed by atoms with Gasteiger partial charge in [-0.2, -0.15) is 0 Å². The van der Waals surface area contributed by atoms with Crippen molar-refractivity contribution in [2.75, 3.05) is 33.7 Å². The molecule has 1 aliphatic rings. The molecule has 116 valence electrons. The molecule has 1 atom stereocenters. The highest BCUT2D eigenvalue weighted by Crippen LogP contribution is 2.15. The lowest BCUT2D eigenvalue weighted by atomic mass is 10.0. The van der Waals surface area contributed by atoms with Crippen molar-refractivity contribution in [3.63, 3.8) is 0 Å². The summed E-state index contributed by atoms with van der Waals surface area (Å²) in [5.41, 5.74) is 1.34. The summed E-state index contributed by atoms with van der Waals surface area (Å²) in [6.07, 6.45) is 4.87. The summed E-state index contributed by atoms with van der Waals surface area (Å²) < 4.78 is 0. The van der Waals surface area contributed by atoms with Crippen LogP contribution in [0, 0.1) is 0 Å². The van der Waals surface area contributed by atoms with Crippen molar-refractivity contribution >= 4 is 6.03 Å². The Labute approximate surface area is 128 Å². The zero-order valence-electron chi connectivity index (χ0n) is 13.2. The van der Waals surface area contributed by atoms with Crippen molar-refractivity contribution in [3.8, 4) is 0 Å². The molecule has 1 aromatic carbocycles. The van der Waals surface area contributed by atoms with Crippen LogP contribution in [0.3, 0.4) is 0 Å². The topological polar surface area (TPSA) is 35.6 Å². The number of nitrogens with one attached hydrogen (secondary N) is 1. The summed E-state index contributed by atoms with van der Waals surface area (Å²) >= 11 is 0. The van der Waals surface area contributed by atoms with Crippen LogP contribution in [0.1, 0.15) is 24.8 Å². The first-order valence-electron chi connectivity index (χ1n) is 7.90. The van der Waals surface area contributed by atoms with Gasteiger partial charge in [0.15, 0.2) is 0 Å². The Balaban J connectivity index is 1.97. The van der Waals surface area contributed by atoms with Gasteiger partial charge in [0.2, 0.25) is 0 Å².